The summed E-state index contributed by atoms with van der Waals surface area (Å²) in [4.78, 5) is 36.4. The Labute approximate surface area is 149 Å². The molecule has 2 aromatic heterocycles. The van der Waals surface area contributed by atoms with Crippen LogP contribution >= 0.6 is 11.3 Å². The number of carboxylic acids is 1. The first-order valence-electron chi connectivity index (χ1n) is 7.57. The van der Waals surface area contributed by atoms with Crippen molar-refractivity contribution < 1.29 is 27.8 Å². The molecule has 2 aromatic rings. The van der Waals surface area contributed by atoms with Crippen molar-refractivity contribution >= 4 is 27.5 Å². The highest BCUT2D eigenvalue weighted by atomic mass is 32.1. The Bertz CT molecular complexity index is 957. The Kier molecular flexibility index (Phi) is 5.61. The zero-order valence-corrected chi connectivity index (χ0v) is 15.0. The summed E-state index contributed by atoms with van der Waals surface area (Å²) in [6.45, 7) is 2.12. The molecule has 0 aliphatic heterocycles. The Balaban J connectivity index is 2.81. The minimum atomic E-state index is -4.51. The van der Waals surface area contributed by atoms with E-state index in [1.807, 2.05) is 0 Å². The van der Waals surface area contributed by atoms with Gasteiger partial charge in [0.15, 0.2) is 0 Å². The van der Waals surface area contributed by atoms with E-state index < -0.39 is 42.5 Å². The SMILES string of the molecule is COC(C)Cn1c(=O)c2c(C)c(C(=O)O)sc2n(CCC(F)(F)F)c1=O. The van der Waals surface area contributed by atoms with E-state index in [-0.39, 0.29) is 27.2 Å². The van der Waals surface area contributed by atoms with Crippen molar-refractivity contribution in [1.82, 2.24) is 9.13 Å². The van der Waals surface area contributed by atoms with Crippen LogP contribution in [0.25, 0.3) is 10.2 Å². The molecule has 2 rings (SSSR count). The number of aromatic carboxylic acids is 1. The van der Waals surface area contributed by atoms with Gasteiger partial charge in [-0.05, 0) is 19.4 Å². The number of hydrogen-bond donors (Lipinski definition) is 1. The lowest BCUT2D eigenvalue weighted by molar-refractivity contribution is -0.136. The smallest absolute Gasteiger partial charge is 0.390 e. The number of rotatable bonds is 6. The number of alkyl halides is 3. The average Bonchev–Trinajstić information content (AvgIpc) is 2.87. The molecule has 0 bridgehead atoms. The highest BCUT2D eigenvalue weighted by molar-refractivity contribution is 7.20. The first-order chi connectivity index (χ1) is 12.0. The quantitative estimate of drug-likeness (QED) is 0.811. The van der Waals surface area contributed by atoms with E-state index in [1.165, 1.54) is 14.0 Å². The molecule has 7 nitrogen and oxygen atoms in total. The molecule has 0 saturated heterocycles. The van der Waals surface area contributed by atoms with E-state index in [0.29, 0.717) is 11.3 Å². The maximum atomic E-state index is 12.7. The third-order valence-electron chi connectivity index (χ3n) is 3.95. The molecule has 0 aromatic carbocycles. The van der Waals surface area contributed by atoms with Crippen LogP contribution in [0, 0.1) is 6.92 Å². The molecule has 2 heterocycles. The number of carboxylic acid groups (broad SMARTS) is 1. The van der Waals surface area contributed by atoms with Crippen LogP contribution in [0.15, 0.2) is 9.59 Å². The highest BCUT2D eigenvalue weighted by Gasteiger charge is 2.29. The largest absolute Gasteiger partial charge is 0.477 e. The first kappa shape index (κ1) is 20.2. The lowest BCUT2D eigenvalue weighted by Crippen LogP contribution is -2.42. The third-order valence-corrected chi connectivity index (χ3v) is 5.25. The predicted octanol–water partition coefficient (Wildman–Crippen LogP) is 2.22. The molecule has 0 radical (unpaired) electrons. The maximum absolute atomic E-state index is 12.7. The van der Waals surface area contributed by atoms with E-state index in [0.717, 1.165) is 9.13 Å². The minimum Gasteiger partial charge on any atom is -0.477 e. The van der Waals surface area contributed by atoms with Crippen LogP contribution in [-0.2, 0) is 17.8 Å². The molecule has 0 spiro atoms. The summed E-state index contributed by atoms with van der Waals surface area (Å²) in [5, 5.41) is 9.19. The summed E-state index contributed by atoms with van der Waals surface area (Å²) in [6, 6.07) is 0. The third kappa shape index (κ3) is 3.83. The van der Waals surface area contributed by atoms with Crippen molar-refractivity contribution in [2.24, 2.45) is 0 Å². The minimum absolute atomic E-state index is 0.0579. The molecule has 26 heavy (non-hydrogen) atoms. The van der Waals surface area contributed by atoms with Crippen LogP contribution in [0.5, 0.6) is 0 Å². The van der Waals surface area contributed by atoms with E-state index in [1.54, 1.807) is 6.92 Å². The van der Waals surface area contributed by atoms with Gasteiger partial charge in [0.05, 0.1) is 24.5 Å². The summed E-state index contributed by atoms with van der Waals surface area (Å²) < 4.78 is 44.5. The summed E-state index contributed by atoms with van der Waals surface area (Å²) >= 11 is 0.622. The van der Waals surface area contributed by atoms with E-state index in [2.05, 4.69) is 0 Å². The number of aryl methyl sites for hydroxylation is 2. The van der Waals surface area contributed by atoms with Crippen molar-refractivity contribution in [2.75, 3.05) is 7.11 Å². The molecule has 144 valence electrons. The first-order valence-corrected chi connectivity index (χ1v) is 8.39. The molecule has 0 aliphatic rings. The fourth-order valence-electron chi connectivity index (χ4n) is 2.53. The van der Waals surface area contributed by atoms with Gasteiger partial charge in [-0.1, -0.05) is 0 Å². The molecule has 0 aliphatic carbocycles. The molecule has 1 N–H and O–H groups in total. The second kappa shape index (κ2) is 7.23. The fourth-order valence-corrected chi connectivity index (χ4v) is 3.68. The van der Waals surface area contributed by atoms with Gasteiger partial charge in [0, 0.05) is 13.7 Å². The Morgan fingerprint density at radius 1 is 1.31 bits per heavy atom. The molecule has 0 saturated carbocycles. The maximum Gasteiger partial charge on any atom is 0.390 e. The monoisotopic (exact) mass is 394 g/mol. The van der Waals surface area contributed by atoms with Gasteiger partial charge in [0.1, 0.15) is 9.71 Å². The fraction of sp³-hybridized carbons (Fsp3) is 0.533. The van der Waals surface area contributed by atoms with Gasteiger partial charge in [-0.15, -0.1) is 11.3 Å². The zero-order chi connectivity index (χ0) is 19.8. The number of hydrogen-bond acceptors (Lipinski definition) is 5. The number of fused-ring (bicyclic) bond motifs is 1. The molecule has 1 atom stereocenters. The van der Waals surface area contributed by atoms with Crippen LogP contribution in [0.1, 0.15) is 28.6 Å². The summed E-state index contributed by atoms with van der Waals surface area (Å²) in [5.74, 6) is -1.31. The lowest BCUT2D eigenvalue weighted by atomic mass is 10.2. The van der Waals surface area contributed by atoms with Crippen molar-refractivity contribution in [3.63, 3.8) is 0 Å². The van der Waals surface area contributed by atoms with Crippen molar-refractivity contribution in [1.29, 1.82) is 0 Å². The van der Waals surface area contributed by atoms with Gasteiger partial charge in [-0.25, -0.2) is 9.59 Å². The second-order valence-corrected chi connectivity index (χ2v) is 6.80. The molecule has 0 amide bonds. The Morgan fingerprint density at radius 2 is 1.92 bits per heavy atom. The molecule has 11 heteroatoms. The van der Waals surface area contributed by atoms with Crippen LogP contribution in [0.4, 0.5) is 13.2 Å². The second-order valence-electron chi connectivity index (χ2n) is 5.80. The van der Waals surface area contributed by atoms with Crippen LogP contribution in [0.3, 0.4) is 0 Å². The number of ether oxygens (including phenoxy) is 1. The number of aromatic nitrogens is 2. The van der Waals surface area contributed by atoms with Gasteiger partial charge in [0.2, 0.25) is 0 Å². The normalized spacial score (nSPS) is 13.3. The van der Waals surface area contributed by atoms with E-state index >= 15 is 0 Å². The number of thiophene rings is 1. The predicted molar refractivity (Wildman–Crippen MR) is 89.2 cm³/mol. The van der Waals surface area contributed by atoms with Crippen molar-refractivity contribution in [3.8, 4) is 0 Å². The van der Waals surface area contributed by atoms with Crippen LogP contribution in [0.2, 0.25) is 0 Å². The summed E-state index contributed by atoms with van der Waals surface area (Å²) in [6.07, 6.45) is -6.32. The number of halogens is 3. The van der Waals surface area contributed by atoms with E-state index in [9.17, 15) is 32.7 Å². The molecule has 1 unspecified atom stereocenters. The average molecular weight is 394 g/mol. The van der Waals surface area contributed by atoms with Gasteiger partial charge in [-0.3, -0.25) is 13.9 Å². The van der Waals surface area contributed by atoms with Crippen LogP contribution in [-0.4, -0.2) is 39.6 Å². The van der Waals surface area contributed by atoms with E-state index in [4.69, 9.17) is 4.74 Å². The van der Waals surface area contributed by atoms with Crippen molar-refractivity contribution in [3.05, 3.63) is 31.3 Å². The zero-order valence-electron chi connectivity index (χ0n) is 14.2. The number of nitrogens with zero attached hydrogens (tertiary/aromatic N) is 2. The van der Waals surface area contributed by atoms with Crippen LogP contribution < -0.4 is 11.2 Å². The Morgan fingerprint density at radius 3 is 2.42 bits per heavy atom. The van der Waals surface area contributed by atoms with Gasteiger partial charge in [-0.2, -0.15) is 13.2 Å². The topological polar surface area (TPSA) is 90.5 Å². The molecular formula is C15H17F3N2O5S. The highest BCUT2D eigenvalue weighted by Crippen LogP contribution is 2.29. The number of carbonyl (C=O) groups is 1. The van der Waals surface area contributed by atoms with Gasteiger partial charge in [0.25, 0.3) is 5.56 Å². The summed E-state index contributed by atoms with van der Waals surface area (Å²) in [7, 11) is 1.37. The summed E-state index contributed by atoms with van der Waals surface area (Å²) in [5.41, 5.74) is -1.53. The van der Waals surface area contributed by atoms with Gasteiger partial charge < -0.3 is 9.84 Å². The van der Waals surface area contributed by atoms with Crippen molar-refractivity contribution in [2.45, 2.75) is 45.6 Å². The molecular weight excluding hydrogens is 377 g/mol. The Hall–Kier alpha value is -2.14. The molecule has 0 fully saturated rings. The number of methoxy groups -OCH3 is 1. The van der Waals surface area contributed by atoms with Gasteiger partial charge >= 0.3 is 17.8 Å². The lowest BCUT2D eigenvalue weighted by Gasteiger charge is -2.15. The standard InChI is InChI=1S/C15H17F3N2O5S/c1-7(25-3)6-20-11(21)9-8(2)10(13(22)23)26-12(9)19(14(20)24)5-4-15(16,17)18/h7H,4-6H2,1-3H3,(H,22,23).